The Morgan fingerprint density at radius 3 is 0.705 bits per heavy atom. The molecule has 0 radical (unpaired) electrons. The molecule has 0 aliphatic carbocycles. The van der Waals surface area contributed by atoms with E-state index in [4.69, 9.17) is 14.2 Å². The van der Waals surface area contributed by atoms with E-state index in [0.717, 1.165) is 64.2 Å². The van der Waals surface area contributed by atoms with Gasteiger partial charge < -0.3 is 14.2 Å². The summed E-state index contributed by atoms with van der Waals surface area (Å²) in [6.45, 7) is 6.69. The number of ether oxygens (including phenoxy) is 3. The number of carbonyl (C=O) groups is 3. The molecule has 0 heterocycles. The molecule has 0 spiro atoms. The minimum Gasteiger partial charge on any atom is -0.462 e. The Morgan fingerprint density at radius 2 is 0.462 bits per heavy atom. The molecule has 0 aromatic rings. The number of allylic oxidation sites excluding steroid dienone is 4. The summed E-state index contributed by atoms with van der Waals surface area (Å²) in [5.74, 6) is -0.833. The third-order valence-electron chi connectivity index (χ3n) is 16.2. The van der Waals surface area contributed by atoms with Crippen molar-refractivity contribution >= 4 is 17.9 Å². The first-order valence-electron chi connectivity index (χ1n) is 35.3. The number of esters is 3. The molecule has 0 aromatic heterocycles. The van der Waals surface area contributed by atoms with Crippen LogP contribution in [0.4, 0.5) is 0 Å². The van der Waals surface area contributed by atoms with E-state index in [9.17, 15) is 14.4 Å². The van der Waals surface area contributed by atoms with Gasteiger partial charge >= 0.3 is 17.9 Å². The molecule has 1 atom stereocenters. The lowest BCUT2D eigenvalue weighted by molar-refractivity contribution is -0.167. The van der Waals surface area contributed by atoms with Crippen molar-refractivity contribution in [2.45, 2.75) is 406 Å². The van der Waals surface area contributed by atoms with E-state index in [1.54, 1.807) is 0 Å². The minimum absolute atomic E-state index is 0.0631. The summed E-state index contributed by atoms with van der Waals surface area (Å²) in [7, 11) is 0. The molecule has 0 amide bonds. The molecular weight excluding hydrogens is 961 g/mol. The van der Waals surface area contributed by atoms with Gasteiger partial charge in [-0.15, -0.1) is 0 Å². The first-order chi connectivity index (χ1) is 38.5. The molecule has 0 N–H and O–H groups in total. The van der Waals surface area contributed by atoms with Gasteiger partial charge in [0.05, 0.1) is 0 Å². The highest BCUT2D eigenvalue weighted by molar-refractivity contribution is 5.71. The lowest BCUT2D eigenvalue weighted by Gasteiger charge is -2.18. The Bertz CT molecular complexity index is 1260. The molecule has 78 heavy (non-hydrogen) atoms. The van der Waals surface area contributed by atoms with Crippen molar-refractivity contribution < 1.29 is 28.6 Å². The number of hydrogen-bond donors (Lipinski definition) is 0. The van der Waals surface area contributed by atoms with Crippen LogP contribution < -0.4 is 0 Å². The SMILES string of the molecule is CCCCCCC/C=C\C/C=C\CCCCCCCCCCCCCCCCCCCCCCCC(=O)OCC(COC(=O)CCCCCCCCCCCC)OC(=O)CCCCCCCCCCCCCCCCCCC. The third-order valence-corrected chi connectivity index (χ3v) is 16.2. The van der Waals surface area contributed by atoms with Gasteiger partial charge in [-0.25, -0.2) is 0 Å². The zero-order valence-corrected chi connectivity index (χ0v) is 53.0. The summed E-state index contributed by atoms with van der Waals surface area (Å²) in [5, 5.41) is 0. The predicted molar refractivity (Wildman–Crippen MR) is 340 cm³/mol. The summed E-state index contributed by atoms with van der Waals surface area (Å²) < 4.78 is 16.9. The maximum Gasteiger partial charge on any atom is 0.306 e. The second-order valence-corrected chi connectivity index (χ2v) is 24.2. The topological polar surface area (TPSA) is 78.9 Å². The van der Waals surface area contributed by atoms with Crippen molar-refractivity contribution in [3.63, 3.8) is 0 Å². The van der Waals surface area contributed by atoms with E-state index in [1.807, 2.05) is 0 Å². The first kappa shape index (κ1) is 75.9. The lowest BCUT2D eigenvalue weighted by atomic mass is 10.0. The normalized spacial score (nSPS) is 12.1. The zero-order chi connectivity index (χ0) is 56.4. The Hall–Kier alpha value is -2.11. The summed E-state index contributed by atoms with van der Waals surface area (Å²) in [4.78, 5) is 38.3. The summed E-state index contributed by atoms with van der Waals surface area (Å²) in [6.07, 6.45) is 82.3. The van der Waals surface area contributed by atoms with Crippen molar-refractivity contribution in [3.8, 4) is 0 Å². The molecule has 460 valence electrons. The molecule has 0 aliphatic heterocycles. The van der Waals surface area contributed by atoms with E-state index in [0.29, 0.717) is 19.3 Å². The largest absolute Gasteiger partial charge is 0.462 e. The van der Waals surface area contributed by atoms with Crippen LogP contribution in [0.25, 0.3) is 0 Å². The van der Waals surface area contributed by atoms with Crippen LogP contribution in [-0.2, 0) is 28.6 Å². The fourth-order valence-electron chi connectivity index (χ4n) is 10.9. The molecule has 0 bridgehead atoms. The average molecular weight is 1100 g/mol. The van der Waals surface area contributed by atoms with Crippen LogP contribution in [0, 0.1) is 0 Å². The highest BCUT2D eigenvalue weighted by Crippen LogP contribution is 2.19. The van der Waals surface area contributed by atoms with Crippen molar-refractivity contribution in [2.24, 2.45) is 0 Å². The van der Waals surface area contributed by atoms with Gasteiger partial charge in [-0.1, -0.05) is 353 Å². The van der Waals surface area contributed by atoms with Crippen LogP contribution in [-0.4, -0.2) is 37.2 Å². The van der Waals surface area contributed by atoms with E-state index in [2.05, 4.69) is 45.1 Å². The van der Waals surface area contributed by atoms with Crippen LogP contribution in [0.1, 0.15) is 400 Å². The molecule has 0 fully saturated rings. The average Bonchev–Trinajstić information content (AvgIpc) is 3.44. The fourth-order valence-corrected chi connectivity index (χ4v) is 10.9. The molecule has 6 heteroatoms. The van der Waals surface area contributed by atoms with Gasteiger partial charge in [-0.05, 0) is 51.4 Å². The smallest absolute Gasteiger partial charge is 0.306 e. The van der Waals surface area contributed by atoms with Gasteiger partial charge in [-0.3, -0.25) is 14.4 Å². The molecular formula is C72H136O6. The van der Waals surface area contributed by atoms with Gasteiger partial charge in [0.15, 0.2) is 6.10 Å². The fraction of sp³-hybridized carbons (Fsp3) is 0.903. The van der Waals surface area contributed by atoms with E-state index < -0.39 is 6.10 Å². The highest BCUT2D eigenvalue weighted by Gasteiger charge is 2.19. The maximum atomic E-state index is 12.9. The Kier molecular flexibility index (Phi) is 65.6. The lowest BCUT2D eigenvalue weighted by Crippen LogP contribution is -2.30. The number of hydrogen-bond acceptors (Lipinski definition) is 6. The standard InChI is InChI=1S/C72H136O6/c1-4-7-10-13-16-19-22-24-26-28-29-30-31-32-33-34-35-36-37-38-39-40-41-42-43-45-46-48-50-53-56-59-62-65-71(74)77-68-69(67-76-70(73)64-61-58-55-52-21-18-15-12-9-6-3)78-72(75)66-63-60-57-54-51-49-47-44-27-25-23-20-17-14-11-8-5-2/h22,24,28-29,69H,4-21,23,25-27,30-68H2,1-3H3/b24-22-,29-28-. The summed E-state index contributed by atoms with van der Waals surface area (Å²) >= 11 is 0. The number of rotatable bonds is 66. The number of unbranched alkanes of at least 4 members (excludes halogenated alkanes) is 51. The molecule has 0 aromatic carbocycles. The molecule has 0 rings (SSSR count). The summed E-state index contributed by atoms with van der Waals surface area (Å²) in [6, 6.07) is 0. The van der Waals surface area contributed by atoms with E-state index >= 15 is 0 Å². The highest BCUT2D eigenvalue weighted by atomic mass is 16.6. The van der Waals surface area contributed by atoms with Gasteiger partial charge in [0, 0.05) is 19.3 Å². The van der Waals surface area contributed by atoms with Crippen LogP contribution in [0.5, 0.6) is 0 Å². The van der Waals surface area contributed by atoms with Gasteiger partial charge in [0.1, 0.15) is 13.2 Å². The molecule has 0 aliphatic rings. The predicted octanol–water partition coefficient (Wildman–Crippen LogP) is 24.2. The second-order valence-electron chi connectivity index (χ2n) is 24.2. The van der Waals surface area contributed by atoms with Crippen LogP contribution >= 0.6 is 0 Å². The van der Waals surface area contributed by atoms with Gasteiger partial charge in [-0.2, -0.15) is 0 Å². The Morgan fingerprint density at radius 1 is 0.256 bits per heavy atom. The Balaban J connectivity index is 4.03. The second kappa shape index (κ2) is 67.4. The van der Waals surface area contributed by atoms with Gasteiger partial charge in [0.25, 0.3) is 0 Å². The van der Waals surface area contributed by atoms with Gasteiger partial charge in [0.2, 0.25) is 0 Å². The number of carbonyl (C=O) groups excluding carboxylic acids is 3. The maximum absolute atomic E-state index is 12.9. The van der Waals surface area contributed by atoms with Crippen molar-refractivity contribution in [3.05, 3.63) is 24.3 Å². The molecule has 6 nitrogen and oxygen atoms in total. The van der Waals surface area contributed by atoms with Crippen molar-refractivity contribution in [2.75, 3.05) is 13.2 Å². The summed E-state index contributed by atoms with van der Waals surface area (Å²) in [5.41, 5.74) is 0. The Labute approximate surface area is 487 Å². The van der Waals surface area contributed by atoms with Crippen molar-refractivity contribution in [1.29, 1.82) is 0 Å². The van der Waals surface area contributed by atoms with Crippen LogP contribution in [0.15, 0.2) is 24.3 Å². The monoisotopic (exact) mass is 1100 g/mol. The van der Waals surface area contributed by atoms with E-state index in [-0.39, 0.29) is 31.1 Å². The van der Waals surface area contributed by atoms with Crippen molar-refractivity contribution in [1.82, 2.24) is 0 Å². The minimum atomic E-state index is -0.764. The quantitative estimate of drug-likeness (QED) is 0.0261. The third kappa shape index (κ3) is 64.7. The van der Waals surface area contributed by atoms with Crippen LogP contribution in [0.3, 0.4) is 0 Å². The first-order valence-corrected chi connectivity index (χ1v) is 35.3. The van der Waals surface area contributed by atoms with Crippen LogP contribution in [0.2, 0.25) is 0 Å². The molecule has 1 unspecified atom stereocenters. The zero-order valence-electron chi connectivity index (χ0n) is 53.0. The molecule has 0 saturated carbocycles. The molecule has 0 saturated heterocycles. The van der Waals surface area contributed by atoms with E-state index in [1.165, 1.54) is 295 Å².